The summed E-state index contributed by atoms with van der Waals surface area (Å²) in [6, 6.07) is 97.7. The largest absolute Gasteiger partial charge is 0.310 e. The van der Waals surface area contributed by atoms with E-state index in [2.05, 4.69) is 290 Å². The van der Waals surface area contributed by atoms with Gasteiger partial charge >= 0.3 is 0 Å². The fourth-order valence-electron chi connectivity index (χ4n) is 11.3. The summed E-state index contributed by atoms with van der Waals surface area (Å²) < 4.78 is 2.47. The third-order valence-electron chi connectivity index (χ3n) is 14.8. The summed E-state index contributed by atoms with van der Waals surface area (Å²) in [7, 11) is 0. The number of benzene rings is 11. The molecule has 0 bridgehead atoms. The van der Waals surface area contributed by atoms with Gasteiger partial charge in [0.15, 0.2) is 0 Å². The highest BCUT2D eigenvalue weighted by Gasteiger charge is 2.35. The fraction of sp³-hybridized carbons (Fsp3) is 0.0435. The fourth-order valence-corrected chi connectivity index (χ4v) is 11.3. The maximum absolute atomic E-state index is 2.47. The summed E-state index contributed by atoms with van der Waals surface area (Å²) in [5.74, 6) is 0. The van der Waals surface area contributed by atoms with Crippen LogP contribution in [0.3, 0.4) is 0 Å². The molecule has 336 valence electrons. The van der Waals surface area contributed by atoms with Gasteiger partial charge in [-0.2, -0.15) is 0 Å². The van der Waals surface area contributed by atoms with E-state index in [1.807, 2.05) is 0 Å². The lowest BCUT2D eigenvalue weighted by atomic mass is 9.82. The monoisotopic (exact) mass is 906 g/mol. The first-order valence-corrected chi connectivity index (χ1v) is 24.7. The Labute approximate surface area is 416 Å². The van der Waals surface area contributed by atoms with Crippen LogP contribution in [0.1, 0.15) is 25.0 Å². The van der Waals surface area contributed by atoms with Gasteiger partial charge in [-0.25, -0.2) is 0 Å². The maximum Gasteiger partial charge on any atom is 0.0547 e. The average molecular weight is 907 g/mol. The number of anilines is 3. The SMILES string of the molecule is CC1(C)c2ccccc2-c2ccc(-n3c4ccccc4c4c(-c5cccc(-c6ccccc6N(c6ccc(-c7ccccc7)cc6)c6ccc(-c7ccc(-c8ccccc8)cc7)cc6)c5)cccc43)cc21. The lowest BCUT2D eigenvalue weighted by molar-refractivity contribution is 0.660. The Kier molecular flexibility index (Phi) is 10.2. The van der Waals surface area contributed by atoms with E-state index < -0.39 is 0 Å². The number of hydrogen-bond donors (Lipinski definition) is 0. The number of hydrogen-bond acceptors (Lipinski definition) is 1. The van der Waals surface area contributed by atoms with Crippen LogP contribution in [0.25, 0.3) is 94.3 Å². The Morgan fingerprint density at radius 2 is 0.761 bits per heavy atom. The van der Waals surface area contributed by atoms with Crippen molar-refractivity contribution in [1.29, 1.82) is 0 Å². The second kappa shape index (κ2) is 17.2. The molecule has 2 nitrogen and oxygen atoms in total. The number of fused-ring (bicyclic) bond motifs is 6. The molecule has 0 N–H and O–H groups in total. The molecule has 0 spiro atoms. The molecule has 1 aromatic heterocycles. The maximum atomic E-state index is 2.47. The first-order chi connectivity index (χ1) is 35.0. The lowest BCUT2D eigenvalue weighted by Gasteiger charge is -2.28. The first-order valence-electron chi connectivity index (χ1n) is 24.7. The number of aromatic nitrogens is 1. The van der Waals surface area contributed by atoms with Crippen molar-refractivity contribution in [3.8, 4) is 72.4 Å². The van der Waals surface area contributed by atoms with Gasteiger partial charge in [-0.3, -0.25) is 0 Å². The summed E-state index contributed by atoms with van der Waals surface area (Å²) in [4.78, 5) is 2.41. The topological polar surface area (TPSA) is 8.17 Å². The van der Waals surface area contributed by atoms with Crippen LogP contribution in [-0.2, 0) is 5.41 Å². The highest BCUT2D eigenvalue weighted by Crippen LogP contribution is 2.50. The molecular formula is C69H50N2. The minimum Gasteiger partial charge on any atom is -0.310 e. The zero-order chi connectivity index (χ0) is 47.5. The van der Waals surface area contributed by atoms with Gasteiger partial charge in [0.1, 0.15) is 0 Å². The van der Waals surface area contributed by atoms with Gasteiger partial charge in [-0.05, 0) is 133 Å². The molecule has 13 rings (SSSR count). The van der Waals surface area contributed by atoms with Crippen molar-refractivity contribution >= 4 is 38.9 Å². The van der Waals surface area contributed by atoms with E-state index in [9.17, 15) is 0 Å². The second-order valence-electron chi connectivity index (χ2n) is 19.3. The molecule has 11 aromatic carbocycles. The van der Waals surface area contributed by atoms with Crippen LogP contribution < -0.4 is 4.90 Å². The number of nitrogens with zero attached hydrogens (tertiary/aromatic N) is 2. The molecule has 1 heterocycles. The van der Waals surface area contributed by atoms with E-state index in [0.29, 0.717) is 0 Å². The molecule has 0 saturated heterocycles. The molecular weight excluding hydrogens is 857 g/mol. The van der Waals surface area contributed by atoms with Crippen molar-refractivity contribution in [2.24, 2.45) is 0 Å². The van der Waals surface area contributed by atoms with Crippen molar-refractivity contribution in [2.75, 3.05) is 4.90 Å². The van der Waals surface area contributed by atoms with Crippen LogP contribution in [0.5, 0.6) is 0 Å². The molecule has 0 unspecified atom stereocenters. The summed E-state index contributed by atoms with van der Waals surface area (Å²) >= 11 is 0. The Bertz CT molecular complexity index is 3920. The van der Waals surface area contributed by atoms with Crippen molar-refractivity contribution in [3.05, 3.63) is 278 Å². The molecule has 0 fully saturated rings. The minimum absolute atomic E-state index is 0.0941. The van der Waals surface area contributed by atoms with Gasteiger partial charge in [0, 0.05) is 38.8 Å². The van der Waals surface area contributed by atoms with Crippen LogP contribution in [-0.4, -0.2) is 4.57 Å². The smallest absolute Gasteiger partial charge is 0.0547 e. The van der Waals surface area contributed by atoms with E-state index in [-0.39, 0.29) is 5.41 Å². The number of rotatable bonds is 9. The van der Waals surface area contributed by atoms with E-state index in [4.69, 9.17) is 0 Å². The third kappa shape index (κ3) is 7.27. The lowest BCUT2D eigenvalue weighted by Crippen LogP contribution is -2.15. The highest BCUT2D eigenvalue weighted by atomic mass is 15.1. The molecule has 12 aromatic rings. The zero-order valence-corrected chi connectivity index (χ0v) is 39.8. The molecule has 0 amide bonds. The van der Waals surface area contributed by atoms with Gasteiger partial charge in [0.05, 0.1) is 16.7 Å². The van der Waals surface area contributed by atoms with Crippen LogP contribution in [0.15, 0.2) is 267 Å². The van der Waals surface area contributed by atoms with Gasteiger partial charge in [-0.1, -0.05) is 220 Å². The molecule has 71 heavy (non-hydrogen) atoms. The summed E-state index contributed by atoms with van der Waals surface area (Å²) in [6.45, 7) is 4.72. The quantitative estimate of drug-likeness (QED) is 0.140. The molecule has 0 saturated carbocycles. The van der Waals surface area contributed by atoms with Gasteiger partial charge in [0.25, 0.3) is 0 Å². The molecule has 0 aliphatic heterocycles. The highest BCUT2D eigenvalue weighted by molar-refractivity contribution is 6.16. The zero-order valence-electron chi connectivity index (χ0n) is 39.8. The Morgan fingerprint density at radius 3 is 1.41 bits per heavy atom. The van der Waals surface area contributed by atoms with Crippen LogP contribution >= 0.6 is 0 Å². The van der Waals surface area contributed by atoms with Crippen LogP contribution in [0, 0.1) is 0 Å². The minimum atomic E-state index is -0.0941. The Morgan fingerprint density at radius 1 is 0.310 bits per heavy atom. The summed E-state index contributed by atoms with van der Waals surface area (Å²) in [5.41, 5.74) is 24.1. The van der Waals surface area contributed by atoms with E-state index in [0.717, 1.165) is 28.2 Å². The molecule has 0 radical (unpaired) electrons. The molecule has 1 aliphatic carbocycles. The van der Waals surface area contributed by atoms with Gasteiger partial charge < -0.3 is 9.47 Å². The van der Waals surface area contributed by atoms with Crippen LogP contribution in [0.2, 0.25) is 0 Å². The normalized spacial score (nSPS) is 12.5. The summed E-state index contributed by atoms with van der Waals surface area (Å²) in [6.07, 6.45) is 0. The predicted molar refractivity (Wildman–Crippen MR) is 300 cm³/mol. The predicted octanol–water partition coefficient (Wildman–Crippen LogP) is 18.9. The molecule has 0 atom stereocenters. The van der Waals surface area contributed by atoms with Gasteiger partial charge in [0.2, 0.25) is 0 Å². The second-order valence-corrected chi connectivity index (χ2v) is 19.3. The van der Waals surface area contributed by atoms with E-state index in [1.165, 1.54) is 94.3 Å². The molecule has 1 aliphatic rings. The van der Waals surface area contributed by atoms with Crippen molar-refractivity contribution in [1.82, 2.24) is 4.57 Å². The average Bonchev–Trinajstić information content (AvgIpc) is 3.90. The number of para-hydroxylation sites is 2. The van der Waals surface area contributed by atoms with Crippen molar-refractivity contribution in [2.45, 2.75) is 19.3 Å². The Balaban J connectivity index is 0.908. The van der Waals surface area contributed by atoms with E-state index in [1.54, 1.807) is 0 Å². The van der Waals surface area contributed by atoms with Crippen LogP contribution in [0.4, 0.5) is 17.1 Å². The first kappa shape index (κ1) is 42.1. The summed E-state index contributed by atoms with van der Waals surface area (Å²) in [5, 5.41) is 2.50. The molecule has 2 heteroatoms. The van der Waals surface area contributed by atoms with Crippen molar-refractivity contribution < 1.29 is 0 Å². The van der Waals surface area contributed by atoms with E-state index >= 15 is 0 Å². The third-order valence-corrected chi connectivity index (χ3v) is 14.8. The standard InChI is InChI=1S/C69H50N2/c1-69(2)63-27-12-9-24-60(63)61-44-43-57(46-64(61)69)71-66-29-14-11-25-62(66)68-59(26-16-30-67(68)71)54-22-15-21-53(45-54)58-23-10-13-28-65(58)70(55-39-35-51(36-40-55)48-19-7-4-8-20-48)56-41-37-52(38-42-56)50-33-31-49(32-34-50)47-17-5-3-6-18-47/h3-46H,1-2H3. The van der Waals surface area contributed by atoms with Crippen molar-refractivity contribution in [3.63, 3.8) is 0 Å². The van der Waals surface area contributed by atoms with Gasteiger partial charge in [-0.15, -0.1) is 0 Å². The Hall–Kier alpha value is -8.98.